The molecule has 0 saturated heterocycles. The molecule has 2 heteroatoms. The standard InChI is InChI=1S/C16H31BrO/c1-5-6-14-7-9-16(13-17,10-8-14)18-12-11-15(2,3)4/h14H,5-13H2,1-4H3. The van der Waals surface area contributed by atoms with E-state index in [-0.39, 0.29) is 5.60 Å². The molecule has 0 radical (unpaired) electrons. The molecule has 0 bridgehead atoms. The smallest absolute Gasteiger partial charge is 0.0779 e. The van der Waals surface area contributed by atoms with Gasteiger partial charge in [-0.1, -0.05) is 56.5 Å². The Morgan fingerprint density at radius 2 is 1.83 bits per heavy atom. The van der Waals surface area contributed by atoms with Gasteiger partial charge in [-0.3, -0.25) is 0 Å². The van der Waals surface area contributed by atoms with E-state index in [0.717, 1.165) is 24.3 Å². The van der Waals surface area contributed by atoms with Crippen molar-refractivity contribution in [2.24, 2.45) is 11.3 Å². The molecule has 1 aliphatic rings. The van der Waals surface area contributed by atoms with E-state index in [1.165, 1.54) is 38.5 Å². The molecule has 0 aromatic rings. The summed E-state index contributed by atoms with van der Waals surface area (Å²) in [4.78, 5) is 0. The summed E-state index contributed by atoms with van der Waals surface area (Å²) in [6, 6.07) is 0. The van der Waals surface area contributed by atoms with Crippen molar-refractivity contribution in [3.63, 3.8) is 0 Å². The van der Waals surface area contributed by atoms with Crippen LogP contribution in [0.25, 0.3) is 0 Å². The van der Waals surface area contributed by atoms with Gasteiger partial charge in [-0.2, -0.15) is 0 Å². The first-order chi connectivity index (χ1) is 8.41. The number of rotatable bonds is 6. The molecule has 0 aliphatic heterocycles. The summed E-state index contributed by atoms with van der Waals surface area (Å²) in [6.45, 7) is 10.1. The van der Waals surface area contributed by atoms with Crippen LogP contribution in [0, 0.1) is 11.3 Å². The van der Waals surface area contributed by atoms with Crippen molar-refractivity contribution >= 4 is 15.9 Å². The highest BCUT2D eigenvalue weighted by Crippen LogP contribution is 2.38. The van der Waals surface area contributed by atoms with Crippen molar-refractivity contribution in [3.05, 3.63) is 0 Å². The van der Waals surface area contributed by atoms with Gasteiger partial charge in [-0.15, -0.1) is 0 Å². The van der Waals surface area contributed by atoms with Crippen molar-refractivity contribution in [1.29, 1.82) is 0 Å². The van der Waals surface area contributed by atoms with E-state index in [9.17, 15) is 0 Å². The van der Waals surface area contributed by atoms with Crippen LogP contribution in [0.15, 0.2) is 0 Å². The molecule has 108 valence electrons. The monoisotopic (exact) mass is 318 g/mol. The summed E-state index contributed by atoms with van der Waals surface area (Å²) < 4.78 is 6.28. The average Bonchev–Trinajstić information content (AvgIpc) is 2.30. The second-order valence-electron chi connectivity index (χ2n) is 7.21. The maximum Gasteiger partial charge on any atom is 0.0779 e. The Balaban J connectivity index is 2.36. The van der Waals surface area contributed by atoms with Gasteiger partial charge < -0.3 is 4.74 Å². The molecule has 0 aromatic carbocycles. The summed E-state index contributed by atoms with van der Waals surface area (Å²) in [6.07, 6.45) is 9.08. The first kappa shape index (κ1) is 16.5. The molecule has 0 aromatic heterocycles. The minimum absolute atomic E-state index is 0.134. The highest BCUT2D eigenvalue weighted by atomic mass is 79.9. The Morgan fingerprint density at radius 3 is 2.28 bits per heavy atom. The maximum atomic E-state index is 6.28. The van der Waals surface area contributed by atoms with Crippen LogP contribution >= 0.6 is 15.9 Å². The number of alkyl halides is 1. The second kappa shape index (κ2) is 7.28. The number of hydrogen-bond acceptors (Lipinski definition) is 1. The molecule has 0 spiro atoms. The summed E-state index contributed by atoms with van der Waals surface area (Å²) in [5.41, 5.74) is 0.516. The second-order valence-corrected chi connectivity index (χ2v) is 7.77. The third-order valence-corrected chi connectivity index (χ3v) is 5.24. The molecule has 0 atom stereocenters. The fourth-order valence-corrected chi connectivity index (χ4v) is 3.51. The van der Waals surface area contributed by atoms with Crippen LogP contribution in [-0.4, -0.2) is 17.5 Å². The predicted octanol–water partition coefficient (Wildman–Crippen LogP) is 5.56. The van der Waals surface area contributed by atoms with Crippen LogP contribution in [0.3, 0.4) is 0 Å². The van der Waals surface area contributed by atoms with Gasteiger partial charge in [-0.05, 0) is 43.4 Å². The molecular formula is C16H31BrO. The number of hydrogen-bond donors (Lipinski definition) is 0. The van der Waals surface area contributed by atoms with Gasteiger partial charge >= 0.3 is 0 Å². The molecule has 1 nitrogen and oxygen atoms in total. The Labute approximate surface area is 122 Å². The molecule has 1 saturated carbocycles. The van der Waals surface area contributed by atoms with Crippen molar-refractivity contribution in [2.45, 2.75) is 78.2 Å². The van der Waals surface area contributed by atoms with Crippen molar-refractivity contribution in [3.8, 4) is 0 Å². The van der Waals surface area contributed by atoms with E-state index in [2.05, 4.69) is 43.6 Å². The summed E-state index contributed by atoms with van der Waals surface area (Å²) >= 11 is 3.68. The van der Waals surface area contributed by atoms with Crippen LogP contribution in [0.4, 0.5) is 0 Å². The van der Waals surface area contributed by atoms with E-state index < -0.39 is 0 Å². The van der Waals surface area contributed by atoms with E-state index in [4.69, 9.17) is 4.74 Å². The lowest BCUT2D eigenvalue weighted by molar-refractivity contribution is -0.0675. The van der Waals surface area contributed by atoms with Crippen molar-refractivity contribution in [1.82, 2.24) is 0 Å². The van der Waals surface area contributed by atoms with Gasteiger partial charge in [0, 0.05) is 11.9 Å². The molecule has 1 rings (SSSR count). The Kier molecular flexibility index (Phi) is 6.67. The largest absolute Gasteiger partial charge is 0.374 e. The van der Waals surface area contributed by atoms with Crippen LogP contribution < -0.4 is 0 Å². The van der Waals surface area contributed by atoms with E-state index in [0.29, 0.717) is 5.41 Å². The Hall–Kier alpha value is 0.440. The van der Waals surface area contributed by atoms with Gasteiger partial charge in [0.05, 0.1) is 5.60 Å². The molecule has 0 amide bonds. The Morgan fingerprint density at radius 1 is 1.22 bits per heavy atom. The van der Waals surface area contributed by atoms with Gasteiger partial charge in [0.25, 0.3) is 0 Å². The van der Waals surface area contributed by atoms with Gasteiger partial charge in [0.2, 0.25) is 0 Å². The third-order valence-electron chi connectivity index (χ3n) is 4.22. The molecular weight excluding hydrogens is 288 g/mol. The molecule has 18 heavy (non-hydrogen) atoms. The van der Waals surface area contributed by atoms with Crippen LogP contribution in [0.5, 0.6) is 0 Å². The van der Waals surface area contributed by atoms with E-state index >= 15 is 0 Å². The third kappa shape index (κ3) is 5.61. The first-order valence-corrected chi connectivity index (χ1v) is 8.73. The minimum atomic E-state index is 0.134. The van der Waals surface area contributed by atoms with E-state index in [1.807, 2.05) is 0 Å². The molecule has 0 unspecified atom stereocenters. The van der Waals surface area contributed by atoms with Gasteiger partial charge in [0.1, 0.15) is 0 Å². The normalized spacial score (nSPS) is 29.5. The predicted molar refractivity (Wildman–Crippen MR) is 83.4 cm³/mol. The molecule has 0 N–H and O–H groups in total. The lowest BCUT2D eigenvalue weighted by Crippen LogP contribution is -2.39. The quantitative estimate of drug-likeness (QED) is 0.582. The highest BCUT2D eigenvalue weighted by Gasteiger charge is 2.35. The van der Waals surface area contributed by atoms with Gasteiger partial charge in [0.15, 0.2) is 0 Å². The van der Waals surface area contributed by atoms with Crippen LogP contribution in [0.2, 0.25) is 0 Å². The lowest BCUT2D eigenvalue weighted by atomic mass is 9.78. The Bertz CT molecular complexity index is 224. The summed E-state index contributed by atoms with van der Waals surface area (Å²) in [5, 5.41) is 1.00. The number of ether oxygens (including phenoxy) is 1. The zero-order chi connectivity index (χ0) is 13.6. The SMILES string of the molecule is CCCC1CCC(CBr)(OCCC(C)(C)C)CC1. The molecule has 1 aliphatic carbocycles. The minimum Gasteiger partial charge on any atom is -0.374 e. The van der Waals surface area contributed by atoms with Crippen LogP contribution in [0.1, 0.15) is 72.6 Å². The topological polar surface area (TPSA) is 9.23 Å². The van der Waals surface area contributed by atoms with E-state index in [1.54, 1.807) is 0 Å². The first-order valence-electron chi connectivity index (χ1n) is 7.61. The fraction of sp³-hybridized carbons (Fsp3) is 1.00. The fourth-order valence-electron chi connectivity index (χ4n) is 2.79. The molecule has 1 fully saturated rings. The summed E-state index contributed by atoms with van der Waals surface area (Å²) in [5.74, 6) is 0.952. The van der Waals surface area contributed by atoms with Crippen LogP contribution in [-0.2, 0) is 4.74 Å². The zero-order valence-electron chi connectivity index (χ0n) is 12.7. The van der Waals surface area contributed by atoms with Crippen molar-refractivity contribution in [2.75, 3.05) is 11.9 Å². The average molecular weight is 319 g/mol. The summed E-state index contributed by atoms with van der Waals surface area (Å²) in [7, 11) is 0. The zero-order valence-corrected chi connectivity index (χ0v) is 14.3. The maximum absolute atomic E-state index is 6.28. The number of halogens is 1. The van der Waals surface area contributed by atoms with Gasteiger partial charge in [-0.25, -0.2) is 0 Å². The molecule has 0 heterocycles. The lowest BCUT2D eigenvalue weighted by Gasteiger charge is -2.39. The highest BCUT2D eigenvalue weighted by molar-refractivity contribution is 9.09. The van der Waals surface area contributed by atoms with Crippen molar-refractivity contribution < 1.29 is 4.74 Å².